The molecule has 2 fully saturated rings. The summed E-state index contributed by atoms with van der Waals surface area (Å²) in [6.07, 6.45) is -14.6. The lowest BCUT2D eigenvalue weighted by molar-refractivity contribution is -0.325. The Morgan fingerprint density at radius 3 is 1.89 bits per heavy atom. The zero-order chi connectivity index (χ0) is 32.6. The van der Waals surface area contributed by atoms with Crippen LogP contribution in [0.4, 0.5) is 0 Å². The van der Waals surface area contributed by atoms with Crippen molar-refractivity contribution in [3.05, 3.63) is 59.7 Å². The highest BCUT2D eigenvalue weighted by atomic mass is 32.2. The number of hydrogen-bond donors (Lipinski definition) is 6. The van der Waals surface area contributed by atoms with Crippen LogP contribution in [0.25, 0.3) is 0 Å². The van der Waals surface area contributed by atoms with Crippen LogP contribution in [0.5, 0.6) is 0 Å². The number of sulfone groups is 2. The minimum atomic E-state index is -4.57. The molecule has 4 rings (SSSR count). The third-order valence-corrected chi connectivity index (χ3v) is 11.6. The molecular weight excluding hydrogens is 622 g/mol. The van der Waals surface area contributed by atoms with E-state index in [1.165, 1.54) is 36.4 Å². The van der Waals surface area contributed by atoms with Crippen molar-refractivity contribution in [1.82, 2.24) is 5.32 Å². The first kappa shape index (κ1) is 34.4. The largest absolute Gasteiger partial charge is 0.394 e. The van der Waals surface area contributed by atoms with Crippen LogP contribution in [-0.4, -0.2) is 121 Å². The Hall–Kier alpha value is -2.51. The maximum atomic E-state index is 13.8. The first-order valence-corrected chi connectivity index (χ1v) is 16.9. The van der Waals surface area contributed by atoms with E-state index in [4.69, 9.17) is 14.2 Å². The van der Waals surface area contributed by atoms with Gasteiger partial charge in [0, 0.05) is 6.92 Å². The number of nitrogens with one attached hydrogen (secondary N) is 1. The quantitative estimate of drug-likeness (QED) is 0.177. The molecule has 2 heterocycles. The number of benzene rings is 2. The van der Waals surface area contributed by atoms with E-state index < -0.39 is 98.4 Å². The van der Waals surface area contributed by atoms with Crippen molar-refractivity contribution in [2.75, 3.05) is 12.4 Å². The predicted molar refractivity (Wildman–Crippen MR) is 153 cm³/mol. The molecule has 14 nitrogen and oxygen atoms in total. The highest BCUT2D eigenvalue weighted by molar-refractivity contribution is 7.92. The van der Waals surface area contributed by atoms with Gasteiger partial charge in [-0.25, -0.2) is 16.8 Å². The molecule has 244 valence electrons. The number of amides is 1. The Morgan fingerprint density at radius 2 is 1.36 bits per heavy atom. The number of aliphatic hydroxyl groups is 5. The molecule has 6 N–H and O–H groups in total. The smallest absolute Gasteiger partial charge is 0.217 e. The van der Waals surface area contributed by atoms with Crippen molar-refractivity contribution < 1.29 is 61.4 Å². The van der Waals surface area contributed by atoms with Crippen LogP contribution in [0.15, 0.2) is 58.3 Å². The monoisotopic (exact) mass is 659 g/mol. The van der Waals surface area contributed by atoms with E-state index in [0.717, 1.165) is 18.1 Å². The third-order valence-electron chi connectivity index (χ3n) is 7.65. The molecule has 0 radical (unpaired) electrons. The lowest BCUT2D eigenvalue weighted by Gasteiger charge is -2.47. The number of carbonyl (C=O) groups excluding carboxylic acids is 1. The summed E-state index contributed by atoms with van der Waals surface area (Å²) in [7, 11) is -8.76. The maximum Gasteiger partial charge on any atom is 0.217 e. The molecule has 2 saturated heterocycles. The molecule has 0 bridgehead atoms. The minimum Gasteiger partial charge on any atom is -0.394 e. The number of hydrogen-bond acceptors (Lipinski definition) is 13. The number of aryl methyl sites for hydroxylation is 2. The number of aliphatic hydroxyl groups excluding tert-OH is 5. The Morgan fingerprint density at radius 1 is 0.818 bits per heavy atom. The Labute approximate surface area is 255 Å². The highest BCUT2D eigenvalue weighted by Crippen LogP contribution is 2.34. The Bertz CT molecular complexity index is 1520. The van der Waals surface area contributed by atoms with Gasteiger partial charge < -0.3 is 45.1 Å². The number of rotatable bonds is 9. The number of ether oxygens (including phenoxy) is 3. The summed E-state index contributed by atoms with van der Waals surface area (Å²) in [4.78, 5) is 11.3. The molecule has 2 aromatic carbocycles. The van der Waals surface area contributed by atoms with Crippen molar-refractivity contribution in [2.45, 2.75) is 91.1 Å². The zero-order valence-corrected chi connectivity index (χ0v) is 25.8. The normalized spacial score (nSPS) is 33.1. The molecule has 0 aromatic heterocycles. The van der Waals surface area contributed by atoms with Gasteiger partial charge in [0.2, 0.25) is 5.91 Å². The third kappa shape index (κ3) is 7.14. The van der Waals surface area contributed by atoms with Crippen molar-refractivity contribution in [2.24, 2.45) is 0 Å². The summed E-state index contributed by atoms with van der Waals surface area (Å²) < 4.78 is 71.0. The number of carbonyl (C=O) groups is 1. The zero-order valence-electron chi connectivity index (χ0n) is 24.1. The first-order chi connectivity index (χ1) is 20.6. The van der Waals surface area contributed by atoms with E-state index in [9.17, 15) is 47.2 Å². The standard InChI is InChI=1S/C28H37NO13S2/c1-14-4-8-17(9-5-14)43(36,37)13-20-22(32)26(44(38,39)18-10-6-15(2)7-11-18)24(34)28(41-20)42-25-19(12-30)40-27(35)21(23(25)33)29-16(3)31/h4-11,19-28,30,32-35H,12-13H2,1-3H3,(H,29,31)/t19?,20?,21?,22-,23-,24?,25-,26+,27?,28+/m1/s1. The van der Waals surface area contributed by atoms with Crippen LogP contribution in [0.1, 0.15) is 18.1 Å². The van der Waals surface area contributed by atoms with Gasteiger partial charge in [0.15, 0.2) is 32.3 Å². The van der Waals surface area contributed by atoms with Gasteiger partial charge in [-0.2, -0.15) is 0 Å². The molecular formula is C28H37NO13S2. The SMILES string of the molecule is CC(=O)NC1C(O)OC(CO)[C@@H](O[C@@H]2OC(CS(=O)(=O)c3ccc(C)cc3)[C@@H](O)[C@H](S(=O)(=O)c3ccc(C)cc3)C2O)[C@@H]1O. The molecule has 5 unspecified atom stereocenters. The highest BCUT2D eigenvalue weighted by Gasteiger charge is 2.55. The summed E-state index contributed by atoms with van der Waals surface area (Å²) in [5.74, 6) is -1.56. The van der Waals surface area contributed by atoms with Crippen molar-refractivity contribution in [3.8, 4) is 0 Å². The van der Waals surface area contributed by atoms with Crippen molar-refractivity contribution in [1.29, 1.82) is 0 Å². The predicted octanol–water partition coefficient (Wildman–Crippen LogP) is -1.67. The van der Waals surface area contributed by atoms with Crippen molar-refractivity contribution >= 4 is 25.6 Å². The second kappa shape index (κ2) is 13.5. The van der Waals surface area contributed by atoms with E-state index in [0.29, 0.717) is 0 Å². The van der Waals surface area contributed by atoms with Crippen LogP contribution in [0.3, 0.4) is 0 Å². The second-order valence-electron chi connectivity index (χ2n) is 11.0. The van der Waals surface area contributed by atoms with Crippen LogP contribution < -0.4 is 5.32 Å². The molecule has 0 aliphatic carbocycles. The topological polar surface area (TPSA) is 226 Å². The average Bonchev–Trinajstić information content (AvgIpc) is 2.95. The van der Waals surface area contributed by atoms with Gasteiger partial charge >= 0.3 is 0 Å². The molecule has 2 aliphatic heterocycles. The summed E-state index contributed by atoms with van der Waals surface area (Å²) >= 11 is 0. The van der Waals surface area contributed by atoms with Crippen LogP contribution in [0, 0.1) is 13.8 Å². The average molecular weight is 660 g/mol. The van der Waals surface area contributed by atoms with E-state index >= 15 is 0 Å². The Kier molecular flexibility index (Phi) is 10.5. The van der Waals surface area contributed by atoms with Gasteiger partial charge in [-0.1, -0.05) is 35.4 Å². The molecule has 0 saturated carbocycles. The molecule has 44 heavy (non-hydrogen) atoms. The first-order valence-electron chi connectivity index (χ1n) is 13.7. The van der Waals surface area contributed by atoms with Crippen LogP contribution >= 0.6 is 0 Å². The fraction of sp³-hybridized carbons (Fsp3) is 0.536. The molecule has 0 spiro atoms. The lowest BCUT2D eigenvalue weighted by atomic mass is 9.96. The summed E-state index contributed by atoms with van der Waals surface area (Å²) in [6.45, 7) is 3.77. The fourth-order valence-electron chi connectivity index (χ4n) is 5.26. The second-order valence-corrected chi connectivity index (χ2v) is 15.1. The van der Waals surface area contributed by atoms with Gasteiger partial charge in [0.1, 0.15) is 47.9 Å². The van der Waals surface area contributed by atoms with E-state index in [1.807, 2.05) is 0 Å². The maximum absolute atomic E-state index is 13.8. The molecule has 16 heteroatoms. The van der Waals surface area contributed by atoms with Gasteiger partial charge in [0.05, 0.1) is 22.2 Å². The fourth-order valence-corrected chi connectivity index (χ4v) is 8.58. The van der Waals surface area contributed by atoms with Crippen molar-refractivity contribution in [3.63, 3.8) is 0 Å². The van der Waals surface area contributed by atoms with Crippen LogP contribution in [0.2, 0.25) is 0 Å². The lowest BCUT2D eigenvalue weighted by Crippen LogP contribution is -2.67. The molecule has 2 aliphatic rings. The van der Waals surface area contributed by atoms with Gasteiger partial charge in [0.25, 0.3) is 0 Å². The molecule has 2 aromatic rings. The van der Waals surface area contributed by atoms with Crippen LogP contribution in [-0.2, 0) is 38.7 Å². The van der Waals surface area contributed by atoms with Gasteiger partial charge in [-0.15, -0.1) is 0 Å². The molecule has 10 atom stereocenters. The van der Waals surface area contributed by atoms with E-state index in [2.05, 4.69) is 5.32 Å². The summed E-state index contributed by atoms with van der Waals surface area (Å²) in [6, 6.07) is 9.91. The van der Waals surface area contributed by atoms with Gasteiger partial charge in [-0.05, 0) is 38.1 Å². The Balaban J connectivity index is 1.72. The van der Waals surface area contributed by atoms with E-state index in [1.54, 1.807) is 26.0 Å². The summed E-state index contributed by atoms with van der Waals surface area (Å²) in [5, 5.41) is 53.9. The van der Waals surface area contributed by atoms with E-state index in [-0.39, 0.29) is 9.79 Å². The summed E-state index contributed by atoms with van der Waals surface area (Å²) in [5.41, 5.74) is 1.52. The van der Waals surface area contributed by atoms with Gasteiger partial charge in [-0.3, -0.25) is 4.79 Å². The minimum absolute atomic E-state index is 0.121. The molecule has 1 amide bonds.